The van der Waals surface area contributed by atoms with Crippen molar-refractivity contribution in [1.82, 2.24) is 0 Å². The van der Waals surface area contributed by atoms with Gasteiger partial charge in [0.2, 0.25) is 0 Å². The number of allylic oxidation sites excluding steroid dienone is 1. The molecule has 0 bridgehead atoms. The van der Waals surface area contributed by atoms with E-state index in [0.717, 1.165) is 6.29 Å². The molecule has 0 N–H and O–H groups in total. The highest BCUT2D eigenvalue weighted by atomic mass is 16.6. The minimum absolute atomic E-state index is 0.0104. The monoisotopic (exact) mass is 266 g/mol. The molecule has 5 atom stereocenters. The number of carbonyl (C=O) groups excluding carboxylic acids is 3. The largest absolute Gasteiger partial charge is 0.393 e. The summed E-state index contributed by atoms with van der Waals surface area (Å²) in [4.78, 5) is 34.1. The van der Waals surface area contributed by atoms with Gasteiger partial charge >= 0.3 is 11.9 Å². The normalized spacial score (nSPS) is 34.8. The molecule has 1 saturated heterocycles. The Kier molecular flexibility index (Phi) is 4.14. The molecule has 0 spiro atoms. The molecular formula is C14H18O5. The van der Waals surface area contributed by atoms with Crippen molar-refractivity contribution in [3.05, 3.63) is 12.2 Å². The molecule has 19 heavy (non-hydrogen) atoms. The zero-order valence-electron chi connectivity index (χ0n) is 11.1. The van der Waals surface area contributed by atoms with E-state index in [2.05, 4.69) is 0 Å². The van der Waals surface area contributed by atoms with Crippen LogP contribution in [-0.2, 0) is 23.9 Å². The van der Waals surface area contributed by atoms with Crippen molar-refractivity contribution in [1.29, 1.82) is 0 Å². The number of hydrogen-bond donors (Lipinski definition) is 0. The summed E-state index contributed by atoms with van der Waals surface area (Å²) in [7, 11) is 1.55. The highest BCUT2D eigenvalue weighted by molar-refractivity contribution is 5.97. The third-order valence-electron chi connectivity index (χ3n) is 4.05. The second-order valence-electron chi connectivity index (χ2n) is 5.13. The maximum absolute atomic E-state index is 11.9. The maximum Gasteiger partial charge on any atom is 0.318 e. The lowest BCUT2D eigenvalue weighted by atomic mass is 9.70. The van der Waals surface area contributed by atoms with Crippen molar-refractivity contribution in [2.75, 3.05) is 7.11 Å². The Morgan fingerprint density at radius 2 is 2.00 bits per heavy atom. The van der Waals surface area contributed by atoms with Gasteiger partial charge in [0.15, 0.2) is 0 Å². The summed E-state index contributed by atoms with van der Waals surface area (Å²) in [6, 6.07) is 0. The summed E-state index contributed by atoms with van der Waals surface area (Å²) in [5.74, 6) is -2.03. The molecular weight excluding hydrogens is 248 g/mol. The molecule has 104 valence electrons. The Hall–Kier alpha value is -1.49. The number of methoxy groups -OCH3 is 1. The van der Waals surface area contributed by atoms with Crippen LogP contribution in [0.1, 0.15) is 19.8 Å². The number of cyclic esters (lactones) is 2. The first-order chi connectivity index (χ1) is 9.10. The lowest BCUT2D eigenvalue weighted by molar-refractivity contribution is -0.154. The van der Waals surface area contributed by atoms with Gasteiger partial charge in [-0.05, 0) is 12.3 Å². The van der Waals surface area contributed by atoms with E-state index >= 15 is 0 Å². The van der Waals surface area contributed by atoms with E-state index in [-0.39, 0.29) is 17.9 Å². The predicted octanol–water partition coefficient (Wildman–Crippen LogP) is 1.12. The number of hydrogen-bond acceptors (Lipinski definition) is 5. The first-order valence-corrected chi connectivity index (χ1v) is 6.50. The molecule has 0 saturated carbocycles. The third-order valence-corrected chi connectivity index (χ3v) is 4.05. The lowest BCUT2D eigenvalue weighted by Crippen LogP contribution is -2.39. The fraction of sp³-hybridized carbons (Fsp3) is 0.643. The van der Waals surface area contributed by atoms with Crippen molar-refractivity contribution in [3.63, 3.8) is 0 Å². The molecule has 0 aromatic rings. The second kappa shape index (κ2) is 5.65. The number of fused-ring (bicyclic) bond motifs is 1. The van der Waals surface area contributed by atoms with Crippen molar-refractivity contribution >= 4 is 18.2 Å². The number of rotatable bonds is 5. The van der Waals surface area contributed by atoms with Crippen molar-refractivity contribution in [3.8, 4) is 0 Å². The van der Waals surface area contributed by atoms with Crippen LogP contribution in [0.4, 0.5) is 0 Å². The van der Waals surface area contributed by atoms with Crippen LogP contribution in [0.2, 0.25) is 0 Å². The van der Waals surface area contributed by atoms with Gasteiger partial charge in [-0.1, -0.05) is 19.1 Å². The van der Waals surface area contributed by atoms with E-state index in [9.17, 15) is 14.4 Å². The van der Waals surface area contributed by atoms with Crippen LogP contribution in [0.25, 0.3) is 0 Å². The van der Waals surface area contributed by atoms with Gasteiger partial charge in [-0.2, -0.15) is 0 Å². The van der Waals surface area contributed by atoms with E-state index < -0.39 is 23.8 Å². The summed E-state index contributed by atoms with van der Waals surface area (Å²) >= 11 is 0. The first-order valence-electron chi connectivity index (χ1n) is 6.50. The van der Waals surface area contributed by atoms with E-state index in [1.807, 2.05) is 19.1 Å². The molecule has 0 amide bonds. The SMILES string of the molecule is CO[C@H](CCC=O)[C@H]1C=C[C@@H](C)[C@H]2C(=O)OC(=O)[C@@H]12. The van der Waals surface area contributed by atoms with E-state index in [0.29, 0.717) is 12.8 Å². The van der Waals surface area contributed by atoms with Gasteiger partial charge in [0, 0.05) is 19.4 Å². The Morgan fingerprint density at radius 1 is 1.32 bits per heavy atom. The second-order valence-corrected chi connectivity index (χ2v) is 5.13. The minimum atomic E-state index is -0.482. The van der Waals surface area contributed by atoms with E-state index in [4.69, 9.17) is 9.47 Å². The van der Waals surface area contributed by atoms with Crippen LogP contribution in [0.5, 0.6) is 0 Å². The van der Waals surface area contributed by atoms with Crippen molar-refractivity contribution in [2.24, 2.45) is 23.7 Å². The molecule has 1 aliphatic heterocycles. The van der Waals surface area contributed by atoms with Crippen molar-refractivity contribution < 1.29 is 23.9 Å². The summed E-state index contributed by atoms with van der Waals surface area (Å²) in [5, 5.41) is 0. The van der Waals surface area contributed by atoms with Crippen molar-refractivity contribution in [2.45, 2.75) is 25.9 Å². The first kappa shape index (κ1) is 13.9. The third kappa shape index (κ3) is 2.47. The average molecular weight is 266 g/mol. The number of carbonyl (C=O) groups is 3. The zero-order chi connectivity index (χ0) is 14.0. The van der Waals surface area contributed by atoms with Gasteiger partial charge in [0.1, 0.15) is 6.29 Å². The van der Waals surface area contributed by atoms with Gasteiger partial charge in [-0.15, -0.1) is 0 Å². The summed E-state index contributed by atoms with van der Waals surface area (Å²) < 4.78 is 10.2. The van der Waals surface area contributed by atoms with Crippen LogP contribution < -0.4 is 0 Å². The molecule has 0 unspecified atom stereocenters. The molecule has 1 fully saturated rings. The highest BCUT2D eigenvalue weighted by Crippen LogP contribution is 2.42. The van der Waals surface area contributed by atoms with Crippen LogP contribution in [-0.4, -0.2) is 31.4 Å². The van der Waals surface area contributed by atoms with E-state index in [1.54, 1.807) is 7.11 Å². The number of aldehydes is 1. The Balaban J connectivity index is 2.24. The smallest absolute Gasteiger partial charge is 0.318 e. The minimum Gasteiger partial charge on any atom is -0.393 e. The van der Waals surface area contributed by atoms with Gasteiger partial charge in [0.05, 0.1) is 17.9 Å². The van der Waals surface area contributed by atoms with Gasteiger partial charge in [0.25, 0.3) is 0 Å². The van der Waals surface area contributed by atoms with Crippen LogP contribution in [0, 0.1) is 23.7 Å². The Morgan fingerprint density at radius 3 is 2.63 bits per heavy atom. The molecule has 5 nitrogen and oxygen atoms in total. The molecule has 0 radical (unpaired) electrons. The molecule has 1 heterocycles. The van der Waals surface area contributed by atoms with Crippen LogP contribution in [0.3, 0.4) is 0 Å². The average Bonchev–Trinajstić information content (AvgIpc) is 2.69. The van der Waals surface area contributed by atoms with Gasteiger partial charge < -0.3 is 14.3 Å². The summed E-state index contributed by atoms with van der Waals surface area (Å²) in [6.45, 7) is 1.90. The fourth-order valence-electron chi connectivity index (χ4n) is 3.06. The lowest BCUT2D eigenvalue weighted by Gasteiger charge is -2.33. The zero-order valence-corrected chi connectivity index (χ0v) is 11.1. The predicted molar refractivity (Wildman–Crippen MR) is 66.0 cm³/mol. The van der Waals surface area contributed by atoms with Crippen LogP contribution >= 0.6 is 0 Å². The molecule has 2 rings (SSSR count). The van der Waals surface area contributed by atoms with Gasteiger partial charge in [-0.3, -0.25) is 9.59 Å². The number of esters is 2. The molecule has 2 aliphatic rings. The Labute approximate surface area is 111 Å². The maximum atomic E-state index is 11.9. The van der Waals surface area contributed by atoms with Gasteiger partial charge in [-0.25, -0.2) is 0 Å². The molecule has 0 aromatic heterocycles. The summed E-state index contributed by atoms with van der Waals surface area (Å²) in [6.07, 6.45) is 5.34. The standard InChI is InChI=1S/C14H18O5/c1-8-5-6-9(10(18-2)4-3-7-15)12-11(8)13(16)19-14(12)17/h5-12H,3-4H2,1-2H3/t8-,9-,10-,11-,12+/m1/s1. The molecule has 0 aromatic carbocycles. The highest BCUT2D eigenvalue weighted by Gasteiger charge is 2.53. The van der Waals surface area contributed by atoms with E-state index in [1.165, 1.54) is 0 Å². The topological polar surface area (TPSA) is 69.7 Å². The molecule has 1 aliphatic carbocycles. The fourth-order valence-corrected chi connectivity index (χ4v) is 3.06. The van der Waals surface area contributed by atoms with Crippen LogP contribution in [0.15, 0.2) is 12.2 Å². The molecule has 5 heteroatoms. The Bertz CT molecular complexity index is 414. The number of ether oxygens (including phenoxy) is 2. The quantitative estimate of drug-likeness (QED) is 0.323. The summed E-state index contributed by atoms with van der Waals surface area (Å²) in [5.41, 5.74) is 0.